The summed E-state index contributed by atoms with van der Waals surface area (Å²) in [5.41, 5.74) is 6.22. The van der Waals surface area contributed by atoms with Crippen LogP contribution in [0.2, 0.25) is 0 Å². The van der Waals surface area contributed by atoms with Crippen LogP contribution in [0.1, 0.15) is 13.3 Å². The van der Waals surface area contributed by atoms with Gasteiger partial charge in [-0.1, -0.05) is 6.92 Å². The Morgan fingerprint density at radius 3 is 3.13 bits per heavy atom. The summed E-state index contributed by atoms with van der Waals surface area (Å²) in [5.74, 6) is 0.759. The molecule has 2 heterocycles. The highest BCUT2D eigenvalue weighted by molar-refractivity contribution is 5.44. The molecule has 0 aliphatic carbocycles. The lowest BCUT2D eigenvalue weighted by atomic mass is 10.2. The molecule has 80 valence electrons. The van der Waals surface area contributed by atoms with Gasteiger partial charge in [-0.3, -0.25) is 4.98 Å². The molecule has 1 unspecified atom stereocenters. The van der Waals surface area contributed by atoms with Crippen LogP contribution < -0.4 is 11.1 Å². The Bertz CT molecular complexity index is 433. The summed E-state index contributed by atoms with van der Waals surface area (Å²) in [7, 11) is 0. The number of nitrogens with zero attached hydrogens (tertiary/aromatic N) is 5. The molecule has 0 bridgehead atoms. The van der Waals surface area contributed by atoms with Gasteiger partial charge in [0.25, 0.3) is 0 Å². The van der Waals surface area contributed by atoms with Gasteiger partial charge in [-0.2, -0.15) is 4.52 Å². The highest BCUT2D eigenvalue weighted by Crippen LogP contribution is 2.08. The van der Waals surface area contributed by atoms with Crippen LogP contribution in [0.4, 0.5) is 5.82 Å². The summed E-state index contributed by atoms with van der Waals surface area (Å²) >= 11 is 0. The first-order valence-electron chi connectivity index (χ1n) is 4.84. The quantitative estimate of drug-likeness (QED) is 0.712. The molecule has 0 saturated carbocycles. The van der Waals surface area contributed by atoms with Gasteiger partial charge < -0.3 is 11.1 Å². The summed E-state index contributed by atoms with van der Waals surface area (Å²) in [5, 5.41) is 14.5. The van der Waals surface area contributed by atoms with E-state index >= 15 is 0 Å². The van der Waals surface area contributed by atoms with Crippen molar-refractivity contribution in [2.75, 3.05) is 11.9 Å². The molecule has 7 nitrogen and oxygen atoms in total. The molecule has 0 aliphatic heterocycles. The molecule has 0 aromatic carbocycles. The smallest absolute Gasteiger partial charge is 0.199 e. The minimum absolute atomic E-state index is 0.210. The molecule has 0 amide bonds. The van der Waals surface area contributed by atoms with Crippen molar-refractivity contribution in [3.63, 3.8) is 0 Å². The Morgan fingerprint density at radius 1 is 1.53 bits per heavy atom. The largest absolute Gasteiger partial charge is 0.365 e. The van der Waals surface area contributed by atoms with Gasteiger partial charge in [0.05, 0.1) is 12.4 Å². The second kappa shape index (κ2) is 4.18. The van der Waals surface area contributed by atoms with Crippen LogP contribution in [-0.4, -0.2) is 37.6 Å². The maximum Gasteiger partial charge on any atom is 0.199 e. The van der Waals surface area contributed by atoms with Gasteiger partial charge in [-0.05, 0) is 16.8 Å². The standard InChI is InChI=1S/C8H13N7/c1-2-6(3-9)11-7-4-10-5-8-12-13-14-15(7)8/h4-6,11H,2-3,9H2,1H3. The van der Waals surface area contributed by atoms with Crippen LogP contribution in [0.25, 0.3) is 5.65 Å². The van der Waals surface area contributed by atoms with Crippen molar-refractivity contribution >= 4 is 11.5 Å². The molecule has 0 aliphatic rings. The lowest BCUT2D eigenvalue weighted by molar-refractivity contribution is 0.690. The van der Waals surface area contributed by atoms with Crippen molar-refractivity contribution in [1.29, 1.82) is 0 Å². The average Bonchev–Trinajstić information content (AvgIpc) is 2.74. The number of nitrogens with one attached hydrogen (secondary N) is 1. The molecule has 0 fully saturated rings. The number of hydrogen-bond acceptors (Lipinski definition) is 6. The van der Waals surface area contributed by atoms with E-state index in [1.165, 1.54) is 0 Å². The normalized spacial score (nSPS) is 12.9. The number of nitrogens with two attached hydrogens (primary N) is 1. The van der Waals surface area contributed by atoms with Gasteiger partial charge in [0.2, 0.25) is 0 Å². The molecule has 2 aromatic rings. The van der Waals surface area contributed by atoms with Crippen LogP contribution >= 0.6 is 0 Å². The van der Waals surface area contributed by atoms with E-state index in [1.807, 2.05) is 0 Å². The van der Waals surface area contributed by atoms with Crippen molar-refractivity contribution in [2.45, 2.75) is 19.4 Å². The molecule has 15 heavy (non-hydrogen) atoms. The summed E-state index contributed by atoms with van der Waals surface area (Å²) in [6.07, 6.45) is 4.23. The third-order valence-corrected chi connectivity index (χ3v) is 2.24. The number of hydrogen-bond donors (Lipinski definition) is 2. The maximum atomic E-state index is 5.61. The van der Waals surface area contributed by atoms with E-state index in [2.05, 4.69) is 32.7 Å². The lowest BCUT2D eigenvalue weighted by Gasteiger charge is -2.15. The van der Waals surface area contributed by atoms with Crippen molar-refractivity contribution in [3.05, 3.63) is 12.4 Å². The van der Waals surface area contributed by atoms with Gasteiger partial charge in [-0.15, -0.1) is 5.10 Å². The van der Waals surface area contributed by atoms with Crippen molar-refractivity contribution in [2.24, 2.45) is 5.73 Å². The summed E-state index contributed by atoms with van der Waals surface area (Å²) in [6, 6.07) is 0.210. The van der Waals surface area contributed by atoms with E-state index in [-0.39, 0.29) is 6.04 Å². The number of aromatic nitrogens is 5. The predicted molar refractivity (Wildman–Crippen MR) is 55.3 cm³/mol. The molecule has 2 rings (SSSR count). The van der Waals surface area contributed by atoms with E-state index in [0.29, 0.717) is 12.2 Å². The zero-order chi connectivity index (χ0) is 10.7. The summed E-state index contributed by atoms with van der Waals surface area (Å²) < 4.78 is 1.60. The first-order chi connectivity index (χ1) is 7.35. The molecule has 3 N–H and O–H groups in total. The molecular weight excluding hydrogens is 194 g/mol. The molecule has 7 heteroatoms. The zero-order valence-corrected chi connectivity index (χ0v) is 8.46. The molecule has 0 radical (unpaired) electrons. The minimum Gasteiger partial charge on any atom is -0.365 e. The van der Waals surface area contributed by atoms with Crippen molar-refractivity contribution in [3.8, 4) is 0 Å². The Balaban J connectivity index is 2.30. The SMILES string of the molecule is CCC(CN)Nc1cncc2nnnn12. The van der Waals surface area contributed by atoms with Gasteiger partial charge in [0, 0.05) is 12.6 Å². The summed E-state index contributed by atoms with van der Waals surface area (Å²) in [4.78, 5) is 4.04. The molecular formula is C8H13N7. The fourth-order valence-corrected chi connectivity index (χ4v) is 1.31. The van der Waals surface area contributed by atoms with E-state index in [1.54, 1.807) is 16.9 Å². The number of fused-ring (bicyclic) bond motifs is 1. The Kier molecular flexibility index (Phi) is 2.72. The van der Waals surface area contributed by atoms with E-state index in [0.717, 1.165) is 12.2 Å². The lowest BCUT2D eigenvalue weighted by Crippen LogP contribution is -2.29. The van der Waals surface area contributed by atoms with E-state index in [4.69, 9.17) is 5.73 Å². The van der Waals surface area contributed by atoms with Crippen molar-refractivity contribution < 1.29 is 0 Å². The highest BCUT2D eigenvalue weighted by atomic mass is 15.5. The molecule has 0 saturated heterocycles. The second-order valence-electron chi connectivity index (χ2n) is 3.23. The van der Waals surface area contributed by atoms with Crippen LogP contribution in [-0.2, 0) is 0 Å². The highest BCUT2D eigenvalue weighted by Gasteiger charge is 2.08. The summed E-state index contributed by atoms with van der Waals surface area (Å²) in [6.45, 7) is 2.63. The van der Waals surface area contributed by atoms with Crippen LogP contribution in [0.3, 0.4) is 0 Å². The fourth-order valence-electron chi connectivity index (χ4n) is 1.31. The van der Waals surface area contributed by atoms with Crippen LogP contribution in [0, 0.1) is 0 Å². The van der Waals surface area contributed by atoms with Crippen LogP contribution in [0.5, 0.6) is 0 Å². The van der Waals surface area contributed by atoms with Gasteiger partial charge >= 0.3 is 0 Å². The molecule has 1 atom stereocenters. The minimum atomic E-state index is 0.210. The zero-order valence-electron chi connectivity index (χ0n) is 8.46. The molecule has 0 spiro atoms. The van der Waals surface area contributed by atoms with E-state index in [9.17, 15) is 0 Å². The Labute approximate surface area is 86.7 Å². The predicted octanol–water partition coefficient (Wildman–Crippen LogP) is -0.332. The van der Waals surface area contributed by atoms with Gasteiger partial charge in [0.1, 0.15) is 0 Å². The molecule has 2 aromatic heterocycles. The average molecular weight is 207 g/mol. The number of anilines is 1. The van der Waals surface area contributed by atoms with Crippen molar-refractivity contribution in [1.82, 2.24) is 25.0 Å². The maximum absolute atomic E-state index is 5.61. The van der Waals surface area contributed by atoms with Crippen LogP contribution in [0.15, 0.2) is 12.4 Å². The Morgan fingerprint density at radius 2 is 2.40 bits per heavy atom. The first-order valence-corrected chi connectivity index (χ1v) is 4.84. The first kappa shape index (κ1) is 9.78. The van der Waals surface area contributed by atoms with Gasteiger partial charge in [-0.25, -0.2) is 0 Å². The number of tetrazole rings is 1. The Hall–Kier alpha value is -1.76. The fraction of sp³-hybridized carbons (Fsp3) is 0.500. The number of rotatable bonds is 4. The second-order valence-corrected chi connectivity index (χ2v) is 3.23. The van der Waals surface area contributed by atoms with Gasteiger partial charge in [0.15, 0.2) is 11.5 Å². The third-order valence-electron chi connectivity index (χ3n) is 2.24. The topological polar surface area (TPSA) is 94.0 Å². The van der Waals surface area contributed by atoms with E-state index < -0.39 is 0 Å². The third kappa shape index (κ3) is 1.86. The monoisotopic (exact) mass is 207 g/mol.